The van der Waals surface area contributed by atoms with Gasteiger partial charge in [-0.15, -0.1) is 12.4 Å². The topological polar surface area (TPSA) is 57.2 Å². The van der Waals surface area contributed by atoms with Gasteiger partial charge in [0.2, 0.25) is 17.8 Å². The average Bonchev–Trinajstić information content (AvgIpc) is 3.36. The Morgan fingerprint density at radius 2 is 1.31 bits per heavy atom. The first-order chi connectivity index (χ1) is 12.3. The Labute approximate surface area is 161 Å². The maximum Gasteiger partial charge on any atom is 0.233 e. The van der Waals surface area contributed by atoms with E-state index in [1.165, 1.54) is 31.2 Å². The summed E-state index contributed by atoms with van der Waals surface area (Å²) in [4.78, 5) is 18.7. The number of rotatable bonds is 5. The highest BCUT2D eigenvalue weighted by molar-refractivity contribution is 5.85. The highest BCUT2D eigenvalue weighted by atomic mass is 35.5. The van der Waals surface area contributed by atoms with E-state index >= 15 is 0 Å². The number of aryl methyl sites for hydroxylation is 1. The lowest BCUT2D eigenvalue weighted by molar-refractivity contribution is 0.841. The minimum absolute atomic E-state index is 0. The molecule has 6 nitrogen and oxygen atoms in total. The van der Waals surface area contributed by atoms with Crippen molar-refractivity contribution in [2.75, 3.05) is 41.3 Å². The molecule has 0 amide bonds. The Morgan fingerprint density at radius 3 is 1.77 bits per heavy atom. The molecule has 140 valence electrons. The first-order valence-corrected chi connectivity index (χ1v) is 9.44. The number of aromatic nitrogens is 3. The van der Waals surface area contributed by atoms with E-state index in [2.05, 4.69) is 46.3 Å². The minimum Gasteiger partial charge on any atom is -0.341 e. The van der Waals surface area contributed by atoms with E-state index < -0.39 is 0 Å². The zero-order valence-corrected chi connectivity index (χ0v) is 16.1. The third kappa shape index (κ3) is 4.18. The van der Waals surface area contributed by atoms with E-state index in [4.69, 9.17) is 15.0 Å². The van der Waals surface area contributed by atoms with Crippen molar-refractivity contribution in [1.82, 2.24) is 15.0 Å². The number of hydrogen-bond donors (Lipinski definition) is 1. The van der Waals surface area contributed by atoms with Gasteiger partial charge in [-0.2, -0.15) is 15.0 Å². The lowest BCUT2D eigenvalue weighted by atomic mass is 10.1. The zero-order valence-electron chi connectivity index (χ0n) is 15.3. The van der Waals surface area contributed by atoms with Gasteiger partial charge in [0.1, 0.15) is 0 Å². The molecular formula is C19H27ClN6. The summed E-state index contributed by atoms with van der Waals surface area (Å²) in [6.07, 6.45) is 5.90. The van der Waals surface area contributed by atoms with Crippen LogP contribution in [-0.2, 0) is 6.42 Å². The highest BCUT2D eigenvalue weighted by Crippen LogP contribution is 2.24. The molecule has 2 fully saturated rings. The van der Waals surface area contributed by atoms with Gasteiger partial charge in [-0.25, -0.2) is 0 Å². The maximum atomic E-state index is 4.76. The van der Waals surface area contributed by atoms with E-state index in [0.717, 1.165) is 50.2 Å². The SMILES string of the molecule is CCc1ccc(Nc2nc(N3CCCC3)nc(N3CCCC3)n2)cc1.Cl. The van der Waals surface area contributed by atoms with Crippen LogP contribution in [0, 0.1) is 0 Å². The van der Waals surface area contributed by atoms with E-state index in [1.807, 2.05) is 0 Å². The Balaban J connectivity index is 0.00000196. The minimum atomic E-state index is 0. The van der Waals surface area contributed by atoms with Crippen LogP contribution < -0.4 is 15.1 Å². The lowest BCUT2D eigenvalue weighted by Gasteiger charge is -2.20. The molecule has 26 heavy (non-hydrogen) atoms. The van der Waals surface area contributed by atoms with Gasteiger partial charge in [0.15, 0.2) is 0 Å². The summed E-state index contributed by atoms with van der Waals surface area (Å²) in [5.74, 6) is 2.26. The molecule has 1 aromatic heterocycles. The van der Waals surface area contributed by atoms with Gasteiger partial charge in [-0.3, -0.25) is 0 Å². The molecule has 0 saturated carbocycles. The lowest BCUT2D eigenvalue weighted by Crippen LogP contribution is -2.25. The van der Waals surface area contributed by atoms with E-state index in [1.54, 1.807) is 0 Å². The monoisotopic (exact) mass is 374 g/mol. The van der Waals surface area contributed by atoms with Gasteiger partial charge in [0.25, 0.3) is 0 Å². The Kier molecular flexibility index (Phi) is 6.14. The van der Waals surface area contributed by atoms with Crippen LogP contribution in [-0.4, -0.2) is 41.1 Å². The van der Waals surface area contributed by atoms with Gasteiger partial charge >= 0.3 is 0 Å². The molecule has 2 aliphatic heterocycles. The van der Waals surface area contributed by atoms with E-state index in [9.17, 15) is 0 Å². The second-order valence-electron chi connectivity index (χ2n) is 6.82. The highest BCUT2D eigenvalue weighted by Gasteiger charge is 2.21. The third-order valence-electron chi connectivity index (χ3n) is 5.01. The normalized spacial score (nSPS) is 16.7. The van der Waals surface area contributed by atoms with Crippen molar-refractivity contribution in [2.45, 2.75) is 39.0 Å². The molecule has 1 N–H and O–H groups in total. The summed E-state index contributed by atoms with van der Waals surface area (Å²) in [5.41, 5.74) is 2.35. The molecule has 4 rings (SSSR count). The third-order valence-corrected chi connectivity index (χ3v) is 5.01. The number of nitrogens with one attached hydrogen (secondary N) is 1. The summed E-state index contributed by atoms with van der Waals surface area (Å²) in [5, 5.41) is 3.37. The fraction of sp³-hybridized carbons (Fsp3) is 0.526. The Bertz CT molecular complexity index is 674. The van der Waals surface area contributed by atoms with Crippen molar-refractivity contribution in [3.63, 3.8) is 0 Å². The standard InChI is InChI=1S/C19H26N6.ClH/c1-2-15-7-9-16(10-8-15)20-17-21-18(24-11-3-4-12-24)23-19(22-17)25-13-5-6-14-25;/h7-10H,2-6,11-14H2,1H3,(H,20,21,22,23);1H. The van der Waals surface area contributed by atoms with Gasteiger partial charge in [-0.1, -0.05) is 19.1 Å². The van der Waals surface area contributed by atoms with Crippen LogP contribution >= 0.6 is 12.4 Å². The number of anilines is 4. The number of nitrogens with zero attached hydrogens (tertiary/aromatic N) is 5. The average molecular weight is 375 g/mol. The molecule has 0 spiro atoms. The van der Waals surface area contributed by atoms with Gasteiger partial charge < -0.3 is 15.1 Å². The fourth-order valence-electron chi connectivity index (χ4n) is 3.48. The molecule has 0 radical (unpaired) electrons. The second-order valence-corrected chi connectivity index (χ2v) is 6.82. The van der Waals surface area contributed by atoms with Crippen LogP contribution in [0.4, 0.5) is 23.5 Å². The molecule has 0 aliphatic carbocycles. The molecule has 0 atom stereocenters. The Morgan fingerprint density at radius 1 is 0.808 bits per heavy atom. The van der Waals surface area contributed by atoms with Crippen molar-refractivity contribution in [3.05, 3.63) is 29.8 Å². The van der Waals surface area contributed by atoms with Crippen molar-refractivity contribution in [1.29, 1.82) is 0 Å². The number of hydrogen-bond acceptors (Lipinski definition) is 6. The predicted molar refractivity (Wildman–Crippen MR) is 109 cm³/mol. The van der Waals surface area contributed by atoms with E-state index in [0.29, 0.717) is 5.95 Å². The molecule has 3 heterocycles. The summed E-state index contributed by atoms with van der Waals surface area (Å²) >= 11 is 0. The summed E-state index contributed by atoms with van der Waals surface area (Å²) < 4.78 is 0. The molecule has 2 saturated heterocycles. The quantitative estimate of drug-likeness (QED) is 0.859. The molecule has 1 aromatic carbocycles. The van der Waals surface area contributed by atoms with Gasteiger partial charge in [0.05, 0.1) is 0 Å². The largest absolute Gasteiger partial charge is 0.341 e. The smallest absolute Gasteiger partial charge is 0.233 e. The van der Waals surface area contributed by atoms with Crippen LogP contribution in [0.15, 0.2) is 24.3 Å². The fourth-order valence-corrected chi connectivity index (χ4v) is 3.48. The van der Waals surface area contributed by atoms with E-state index in [-0.39, 0.29) is 12.4 Å². The Hall–Kier alpha value is -2.08. The molecule has 7 heteroatoms. The van der Waals surface area contributed by atoms with Crippen molar-refractivity contribution in [3.8, 4) is 0 Å². The molecule has 2 aromatic rings. The van der Waals surface area contributed by atoms with Crippen molar-refractivity contribution >= 4 is 35.9 Å². The molecule has 0 bridgehead atoms. The second kappa shape index (κ2) is 8.54. The number of halogens is 1. The summed E-state index contributed by atoms with van der Waals surface area (Å²) in [7, 11) is 0. The first kappa shape index (κ1) is 18.7. The zero-order chi connectivity index (χ0) is 17.1. The molecule has 0 unspecified atom stereocenters. The molecule has 2 aliphatic rings. The van der Waals surface area contributed by atoms with Crippen LogP contribution in [0.25, 0.3) is 0 Å². The van der Waals surface area contributed by atoms with Crippen LogP contribution in [0.5, 0.6) is 0 Å². The van der Waals surface area contributed by atoms with Crippen LogP contribution in [0.2, 0.25) is 0 Å². The van der Waals surface area contributed by atoms with Gasteiger partial charge in [0, 0.05) is 31.9 Å². The van der Waals surface area contributed by atoms with Crippen LogP contribution in [0.3, 0.4) is 0 Å². The first-order valence-electron chi connectivity index (χ1n) is 9.44. The van der Waals surface area contributed by atoms with Crippen molar-refractivity contribution < 1.29 is 0 Å². The molecular weight excluding hydrogens is 348 g/mol. The predicted octanol–water partition coefficient (Wildman–Crippen LogP) is 3.80. The summed E-state index contributed by atoms with van der Waals surface area (Å²) in [6, 6.07) is 8.47. The number of benzene rings is 1. The maximum absolute atomic E-state index is 4.76. The summed E-state index contributed by atoms with van der Waals surface area (Å²) in [6.45, 7) is 6.31. The van der Waals surface area contributed by atoms with Crippen molar-refractivity contribution in [2.24, 2.45) is 0 Å². The van der Waals surface area contributed by atoms with Crippen LogP contribution in [0.1, 0.15) is 38.2 Å². The van der Waals surface area contributed by atoms with Gasteiger partial charge in [-0.05, 0) is 49.8 Å².